The van der Waals surface area contributed by atoms with E-state index < -0.39 is 0 Å². The quantitative estimate of drug-likeness (QED) is 0.574. The van der Waals surface area contributed by atoms with E-state index in [4.69, 9.17) is 5.26 Å². The van der Waals surface area contributed by atoms with E-state index in [1.54, 1.807) is 35.6 Å². The number of nitrogens with zero attached hydrogens (tertiary/aromatic N) is 3. The molecule has 27 heavy (non-hydrogen) atoms. The van der Waals surface area contributed by atoms with Crippen LogP contribution in [0, 0.1) is 11.3 Å². The maximum absolute atomic E-state index is 12.9. The number of fused-ring (bicyclic) bond motifs is 1. The van der Waals surface area contributed by atoms with Crippen molar-refractivity contribution in [1.82, 2.24) is 9.55 Å². The number of amides is 1. The molecule has 6 nitrogen and oxygen atoms in total. The summed E-state index contributed by atoms with van der Waals surface area (Å²) >= 11 is 2.97. The fraction of sp³-hybridized carbons (Fsp3) is 0.0526. The average molecular weight is 392 g/mol. The van der Waals surface area contributed by atoms with Gasteiger partial charge >= 0.3 is 0 Å². The van der Waals surface area contributed by atoms with Crippen molar-refractivity contribution in [2.45, 2.75) is 6.54 Å². The Morgan fingerprint density at radius 1 is 1.26 bits per heavy atom. The SMILES string of the molecule is N#Cc1cccc(NC(=O)Cn2cnc3scc(-c4cccs4)c3c2=O)c1. The van der Waals surface area contributed by atoms with E-state index in [2.05, 4.69) is 10.3 Å². The summed E-state index contributed by atoms with van der Waals surface area (Å²) in [4.78, 5) is 31.2. The van der Waals surface area contributed by atoms with E-state index in [9.17, 15) is 9.59 Å². The molecule has 0 aliphatic carbocycles. The maximum atomic E-state index is 12.9. The van der Waals surface area contributed by atoms with Crippen molar-refractivity contribution in [3.8, 4) is 16.5 Å². The molecule has 0 atom stereocenters. The number of nitrogens with one attached hydrogen (secondary N) is 1. The Bertz CT molecular complexity index is 1230. The van der Waals surface area contributed by atoms with E-state index in [1.807, 2.05) is 29.0 Å². The van der Waals surface area contributed by atoms with Gasteiger partial charge < -0.3 is 5.32 Å². The Hall–Kier alpha value is -3.28. The summed E-state index contributed by atoms with van der Waals surface area (Å²) in [5, 5.41) is 16.0. The Balaban J connectivity index is 1.63. The van der Waals surface area contributed by atoms with Gasteiger partial charge in [-0.1, -0.05) is 12.1 Å². The zero-order valence-electron chi connectivity index (χ0n) is 13.9. The van der Waals surface area contributed by atoms with Gasteiger partial charge in [0.1, 0.15) is 11.4 Å². The van der Waals surface area contributed by atoms with Crippen LogP contribution >= 0.6 is 22.7 Å². The molecule has 0 saturated carbocycles. The van der Waals surface area contributed by atoms with Gasteiger partial charge in [-0.2, -0.15) is 5.26 Å². The fourth-order valence-corrected chi connectivity index (χ4v) is 4.44. The summed E-state index contributed by atoms with van der Waals surface area (Å²) in [5.41, 5.74) is 1.56. The number of hydrogen-bond acceptors (Lipinski definition) is 6. The third-order valence-corrected chi connectivity index (χ3v) is 5.73. The van der Waals surface area contributed by atoms with Gasteiger partial charge in [-0.05, 0) is 29.6 Å². The first-order valence-corrected chi connectivity index (χ1v) is 9.72. The minimum atomic E-state index is -0.360. The molecule has 0 aliphatic rings. The van der Waals surface area contributed by atoms with Gasteiger partial charge in [0, 0.05) is 21.5 Å². The van der Waals surface area contributed by atoms with E-state index in [0.717, 1.165) is 10.4 Å². The number of benzene rings is 1. The summed E-state index contributed by atoms with van der Waals surface area (Å²) in [6.07, 6.45) is 1.39. The number of nitriles is 1. The third-order valence-electron chi connectivity index (χ3n) is 3.94. The molecule has 4 aromatic rings. The molecule has 0 radical (unpaired) electrons. The lowest BCUT2D eigenvalue weighted by Crippen LogP contribution is -2.27. The standard InChI is InChI=1S/C19H12N4O2S2/c20-8-12-3-1-4-13(7-12)22-16(24)9-23-11-21-18-17(19(23)25)14(10-27-18)15-5-2-6-26-15/h1-7,10-11H,9H2,(H,22,24). The molecule has 3 aromatic heterocycles. The van der Waals surface area contributed by atoms with Gasteiger partial charge in [0.25, 0.3) is 5.56 Å². The second kappa shape index (κ2) is 7.15. The number of aromatic nitrogens is 2. The zero-order valence-corrected chi connectivity index (χ0v) is 15.5. The van der Waals surface area contributed by atoms with Crippen LogP contribution in [0.3, 0.4) is 0 Å². The smallest absolute Gasteiger partial charge is 0.263 e. The van der Waals surface area contributed by atoms with Crippen molar-refractivity contribution < 1.29 is 4.79 Å². The van der Waals surface area contributed by atoms with Crippen molar-refractivity contribution in [3.63, 3.8) is 0 Å². The highest BCUT2D eigenvalue weighted by atomic mass is 32.1. The Morgan fingerprint density at radius 3 is 2.93 bits per heavy atom. The van der Waals surface area contributed by atoms with Crippen LogP contribution in [0.25, 0.3) is 20.7 Å². The van der Waals surface area contributed by atoms with E-state index in [1.165, 1.54) is 22.2 Å². The van der Waals surface area contributed by atoms with Crippen LogP contribution in [-0.2, 0) is 11.3 Å². The molecule has 1 amide bonds. The average Bonchev–Trinajstić information content (AvgIpc) is 3.33. The van der Waals surface area contributed by atoms with E-state index in [-0.39, 0.29) is 18.0 Å². The van der Waals surface area contributed by atoms with Gasteiger partial charge in [0.05, 0.1) is 23.3 Å². The van der Waals surface area contributed by atoms with Crippen molar-refractivity contribution in [3.05, 3.63) is 69.4 Å². The van der Waals surface area contributed by atoms with E-state index in [0.29, 0.717) is 21.5 Å². The zero-order chi connectivity index (χ0) is 18.8. The Morgan fingerprint density at radius 2 is 2.15 bits per heavy atom. The van der Waals surface area contributed by atoms with Crippen molar-refractivity contribution >= 4 is 44.5 Å². The summed E-state index contributed by atoms with van der Waals surface area (Å²) in [5.74, 6) is -0.360. The normalized spacial score (nSPS) is 10.6. The van der Waals surface area contributed by atoms with Gasteiger partial charge in [0.2, 0.25) is 5.91 Å². The molecule has 0 saturated heterocycles. The third kappa shape index (κ3) is 3.38. The molecule has 0 fully saturated rings. The molecule has 8 heteroatoms. The number of thiophene rings is 2. The number of carbonyl (C=O) groups is 1. The van der Waals surface area contributed by atoms with Crippen molar-refractivity contribution in [2.75, 3.05) is 5.32 Å². The molecule has 132 valence electrons. The molecule has 0 aliphatic heterocycles. The molecule has 4 rings (SSSR count). The van der Waals surface area contributed by atoms with Crippen molar-refractivity contribution in [2.24, 2.45) is 0 Å². The predicted octanol–water partition coefficient (Wildman–Crippen LogP) is 3.70. The summed E-state index contributed by atoms with van der Waals surface area (Å²) < 4.78 is 1.30. The fourth-order valence-electron chi connectivity index (χ4n) is 2.72. The highest BCUT2D eigenvalue weighted by Gasteiger charge is 2.15. The Kier molecular flexibility index (Phi) is 4.54. The van der Waals surface area contributed by atoms with Gasteiger partial charge in [-0.3, -0.25) is 14.2 Å². The highest BCUT2D eigenvalue weighted by Crippen LogP contribution is 2.33. The predicted molar refractivity (Wildman–Crippen MR) is 107 cm³/mol. The lowest BCUT2D eigenvalue weighted by atomic mass is 10.2. The first-order chi connectivity index (χ1) is 13.2. The first-order valence-electron chi connectivity index (χ1n) is 7.96. The summed E-state index contributed by atoms with van der Waals surface area (Å²) in [7, 11) is 0. The maximum Gasteiger partial charge on any atom is 0.263 e. The molecule has 0 unspecified atom stereocenters. The first kappa shape index (κ1) is 17.1. The summed E-state index contributed by atoms with van der Waals surface area (Å²) in [6.45, 7) is -0.154. The van der Waals surface area contributed by atoms with E-state index >= 15 is 0 Å². The summed E-state index contributed by atoms with van der Waals surface area (Å²) in [6, 6.07) is 12.5. The number of anilines is 1. The second-order valence-electron chi connectivity index (χ2n) is 5.73. The van der Waals surface area contributed by atoms with Gasteiger partial charge in [-0.25, -0.2) is 4.98 Å². The van der Waals surface area contributed by atoms with Gasteiger partial charge in [0.15, 0.2) is 0 Å². The van der Waals surface area contributed by atoms with Crippen LogP contribution in [0.2, 0.25) is 0 Å². The lowest BCUT2D eigenvalue weighted by Gasteiger charge is -2.08. The molecule has 0 bridgehead atoms. The lowest BCUT2D eigenvalue weighted by molar-refractivity contribution is -0.116. The second-order valence-corrected chi connectivity index (χ2v) is 7.53. The largest absolute Gasteiger partial charge is 0.324 e. The van der Waals surface area contributed by atoms with Gasteiger partial charge in [-0.15, -0.1) is 22.7 Å². The topological polar surface area (TPSA) is 87.8 Å². The van der Waals surface area contributed by atoms with Crippen molar-refractivity contribution in [1.29, 1.82) is 5.26 Å². The van der Waals surface area contributed by atoms with Crippen LogP contribution in [0.4, 0.5) is 5.69 Å². The number of rotatable bonds is 4. The highest BCUT2D eigenvalue weighted by molar-refractivity contribution is 7.18. The minimum Gasteiger partial charge on any atom is -0.324 e. The van der Waals surface area contributed by atoms with Crippen LogP contribution in [0.5, 0.6) is 0 Å². The van der Waals surface area contributed by atoms with Crippen LogP contribution in [0.15, 0.2) is 58.3 Å². The molecule has 1 N–H and O–H groups in total. The van der Waals surface area contributed by atoms with Crippen LogP contribution in [0.1, 0.15) is 5.56 Å². The number of carbonyl (C=O) groups excluding carboxylic acids is 1. The van der Waals surface area contributed by atoms with Crippen LogP contribution in [-0.4, -0.2) is 15.5 Å². The van der Waals surface area contributed by atoms with Crippen LogP contribution < -0.4 is 10.9 Å². The Labute approximate surface area is 162 Å². The molecular formula is C19H12N4O2S2. The molecular weight excluding hydrogens is 380 g/mol. The number of hydrogen-bond donors (Lipinski definition) is 1. The molecule has 1 aromatic carbocycles. The molecule has 0 spiro atoms. The molecule has 3 heterocycles. The minimum absolute atomic E-state index is 0.154. The monoisotopic (exact) mass is 392 g/mol.